The first-order chi connectivity index (χ1) is 14.8. The summed E-state index contributed by atoms with van der Waals surface area (Å²) in [6, 6.07) is 12.8. The average molecular weight is 445 g/mol. The molecule has 1 amide bonds. The van der Waals surface area contributed by atoms with Crippen LogP contribution in [0.15, 0.2) is 64.1 Å². The van der Waals surface area contributed by atoms with Crippen molar-refractivity contribution >= 4 is 35.1 Å². The van der Waals surface area contributed by atoms with Gasteiger partial charge in [0.05, 0.1) is 21.1 Å². The summed E-state index contributed by atoms with van der Waals surface area (Å²) in [4.78, 5) is 32.4. The number of halogens is 1. The lowest BCUT2D eigenvalue weighted by Crippen LogP contribution is -2.24. The number of carbonyl (C=O) groups excluding carboxylic acids is 1. The van der Waals surface area contributed by atoms with Crippen LogP contribution < -0.4 is 10.2 Å². The molecule has 0 radical (unpaired) electrons. The molecule has 0 bridgehead atoms. The molecule has 12 heteroatoms. The lowest BCUT2D eigenvalue weighted by molar-refractivity contribution is -0.385. The molecule has 0 spiro atoms. The van der Waals surface area contributed by atoms with Crippen molar-refractivity contribution in [3.05, 3.63) is 85.6 Å². The average Bonchev–Trinajstić information content (AvgIpc) is 3.20. The monoisotopic (exact) mass is 444 g/mol. The highest BCUT2D eigenvalue weighted by Crippen LogP contribution is 2.32. The van der Waals surface area contributed by atoms with Gasteiger partial charge in [-0.15, -0.1) is 0 Å². The maximum atomic E-state index is 11.8. The number of amides is 1. The van der Waals surface area contributed by atoms with E-state index in [0.717, 1.165) is 0 Å². The number of hydrogen-bond acceptors (Lipinski definition) is 8. The molecule has 31 heavy (non-hydrogen) atoms. The van der Waals surface area contributed by atoms with Crippen molar-refractivity contribution in [1.82, 2.24) is 5.43 Å². The van der Waals surface area contributed by atoms with Gasteiger partial charge in [0.15, 0.2) is 12.4 Å². The van der Waals surface area contributed by atoms with Gasteiger partial charge in [-0.3, -0.25) is 25.0 Å². The molecule has 1 aromatic heterocycles. The fraction of sp³-hybridized carbons (Fsp3) is 0.0526. The Kier molecular flexibility index (Phi) is 6.58. The summed E-state index contributed by atoms with van der Waals surface area (Å²) in [5.74, 6) is -0.0430. The van der Waals surface area contributed by atoms with E-state index in [0.29, 0.717) is 11.3 Å². The zero-order valence-electron chi connectivity index (χ0n) is 15.6. The van der Waals surface area contributed by atoms with Crippen LogP contribution in [0.1, 0.15) is 5.76 Å². The van der Waals surface area contributed by atoms with Gasteiger partial charge in [0.25, 0.3) is 11.6 Å². The van der Waals surface area contributed by atoms with Crippen molar-refractivity contribution in [2.45, 2.75) is 0 Å². The van der Waals surface area contributed by atoms with Crippen molar-refractivity contribution in [3.63, 3.8) is 0 Å². The van der Waals surface area contributed by atoms with E-state index in [1.54, 1.807) is 18.2 Å². The van der Waals surface area contributed by atoms with Crippen LogP contribution in [-0.4, -0.2) is 28.6 Å². The molecular weight excluding hydrogens is 432 g/mol. The van der Waals surface area contributed by atoms with Gasteiger partial charge in [-0.1, -0.05) is 23.7 Å². The van der Waals surface area contributed by atoms with Gasteiger partial charge < -0.3 is 9.15 Å². The van der Waals surface area contributed by atoms with Crippen LogP contribution in [0.2, 0.25) is 5.02 Å². The first-order valence-electron chi connectivity index (χ1n) is 8.57. The van der Waals surface area contributed by atoms with E-state index in [-0.39, 0.29) is 27.9 Å². The van der Waals surface area contributed by atoms with Crippen LogP contribution >= 0.6 is 11.6 Å². The number of hydrazone groups is 1. The maximum absolute atomic E-state index is 11.8. The van der Waals surface area contributed by atoms with Crippen LogP contribution in [0.5, 0.6) is 5.75 Å². The van der Waals surface area contributed by atoms with Gasteiger partial charge >= 0.3 is 5.69 Å². The number of rotatable bonds is 8. The molecule has 0 aliphatic rings. The molecule has 0 unspecified atom stereocenters. The van der Waals surface area contributed by atoms with E-state index < -0.39 is 22.4 Å². The highest BCUT2D eigenvalue weighted by molar-refractivity contribution is 6.33. The van der Waals surface area contributed by atoms with Crippen molar-refractivity contribution in [1.29, 1.82) is 0 Å². The van der Waals surface area contributed by atoms with Crippen molar-refractivity contribution in [2.75, 3.05) is 6.61 Å². The molecule has 0 aliphatic heterocycles. The minimum atomic E-state index is -0.639. The number of para-hydroxylation sites is 2. The van der Waals surface area contributed by atoms with E-state index in [4.69, 9.17) is 20.8 Å². The minimum Gasteiger partial charge on any atom is -0.477 e. The molecule has 1 heterocycles. The standard InChI is InChI=1S/C19H13ClN4O7/c20-15-9-12(23(26)27)5-7-14(15)17-8-6-13(31-17)10-21-22-19(25)11-30-18-4-2-1-3-16(18)24(28)29/h1-10H,11H2,(H,22,25)/b21-10-. The Balaban J connectivity index is 1.58. The number of furan rings is 1. The third-order valence-electron chi connectivity index (χ3n) is 3.86. The second-order valence-electron chi connectivity index (χ2n) is 5.93. The van der Waals surface area contributed by atoms with Crippen molar-refractivity contribution in [3.8, 4) is 17.1 Å². The smallest absolute Gasteiger partial charge is 0.310 e. The summed E-state index contributed by atoms with van der Waals surface area (Å²) < 4.78 is 10.7. The van der Waals surface area contributed by atoms with Crippen LogP contribution in [0.3, 0.4) is 0 Å². The van der Waals surface area contributed by atoms with Gasteiger partial charge in [-0.25, -0.2) is 5.43 Å². The summed E-state index contributed by atoms with van der Waals surface area (Å²) in [7, 11) is 0. The molecule has 2 aromatic carbocycles. The van der Waals surface area contributed by atoms with Crippen LogP contribution in [-0.2, 0) is 4.79 Å². The summed E-state index contributed by atoms with van der Waals surface area (Å²) >= 11 is 6.07. The van der Waals surface area contributed by atoms with Crippen LogP contribution in [0, 0.1) is 20.2 Å². The fourth-order valence-corrected chi connectivity index (χ4v) is 2.73. The first kappa shape index (κ1) is 21.5. The predicted octanol–water partition coefficient (Wildman–Crippen LogP) is 3.95. The topological polar surface area (TPSA) is 150 Å². The Labute approximate surface area is 179 Å². The van der Waals surface area contributed by atoms with Gasteiger partial charge in [0, 0.05) is 23.8 Å². The number of nitro groups is 2. The van der Waals surface area contributed by atoms with Crippen LogP contribution in [0.25, 0.3) is 11.3 Å². The first-order valence-corrected chi connectivity index (χ1v) is 8.95. The number of nitro benzene ring substituents is 2. The van der Waals surface area contributed by atoms with E-state index in [2.05, 4.69) is 10.5 Å². The third kappa shape index (κ3) is 5.42. The second-order valence-corrected chi connectivity index (χ2v) is 6.34. The number of non-ortho nitro benzene ring substituents is 1. The lowest BCUT2D eigenvalue weighted by Gasteiger charge is -2.05. The molecule has 0 atom stereocenters. The number of nitrogens with zero attached hydrogens (tertiary/aromatic N) is 3. The van der Waals surface area contributed by atoms with E-state index in [1.807, 2.05) is 0 Å². The van der Waals surface area contributed by atoms with E-state index in [1.165, 1.54) is 42.6 Å². The predicted molar refractivity (Wildman–Crippen MR) is 110 cm³/mol. The number of nitrogens with one attached hydrogen (secondary N) is 1. The SMILES string of the molecule is O=C(COc1ccccc1[N+](=O)[O-])N/N=C\c1ccc(-c2ccc([N+](=O)[O-])cc2Cl)o1. The zero-order valence-corrected chi connectivity index (χ0v) is 16.3. The molecule has 1 N–H and O–H groups in total. The molecule has 0 saturated carbocycles. The highest BCUT2D eigenvalue weighted by atomic mass is 35.5. The summed E-state index contributed by atoms with van der Waals surface area (Å²) in [5.41, 5.74) is 2.25. The molecule has 0 saturated heterocycles. The Hall–Kier alpha value is -4.25. The number of ether oxygens (including phenoxy) is 1. The summed E-state index contributed by atoms with van der Waals surface area (Å²) in [6.07, 6.45) is 1.23. The highest BCUT2D eigenvalue weighted by Gasteiger charge is 2.15. The lowest BCUT2D eigenvalue weighted by atomic mass is 10.1. The number of benzene rings is 2. The van der Waals surface area contributed by atoms with Gasteiger partial charge in [-0.05, 0) is 24.3 Å². The van der Waals surface area contributed by atoms with Crippen molar-refractivity contribution < 1.29 is 23.8 Å². The van der Waals surface area contributed by atoms with Gasteiger partial charge in [0.1, 0.15) is 11.5 Å². The molecule has 158 valence electrons. The van der Waals surface area contributed by atoms with Gasteiger partial charge in [-0.2, -0.15) is 5.10 Å². The maximum Gasteiger partial charge on any atom is 0.310 e. The fourth-order valence-electron chi connectivity index (χ4n) is 2.46. The van der Waals surface area contributed by atoms with Gasteiger partial charge in [0.2, 0.25) is 0 Å². The normalized spacial score (nSPS) is 10.7. The molecule has 0 fully saturated rings. The molecule has 11 nitrogen and oxygen atoms in total. The van der Waals surface area contributed by atoms with Crippen LogP contribution in [0.4, 0.5) is 11.4 Å². The molecule has 3 aromatic rings. The zero-order chi connectivity index (χ0) is 22.4. The Bertz CT molecular complexity index is 1180. The number of hydrogen-bond donors (Lipinski definition) is 1. The van der Waals surface area contributed by atoms with Crippen molar-refractivity contribution in [2.24, 2.45) is 5.10 Å². The quantitative estimate of drug-likeness (QED) is 0.314. The van der Waals surface area contributed by atoms with E-state index >= 15 is 0 Å². The summed E-state index contributed by atoms with van der Waals surface area (Å²) in [5, 5.41) is 25.6. The Morgan fingerprint density at radius 2 is 1.90 bits per heavy atom. The Morgan fingerprint density at radius 1 is 1.13 bits per heavy atom. The number of carbonyl (C=O) groups is 1. The third-order valence-corrected chi connectivity index (χ3v) is 4.17. The molecular formula is C19H13ClN4O7. The second kappa shape index (κ2) is 9.50. The largest absolute Gasteiger partial charge is 0.477 e. The molecule has 0 aliphatic carbocycles. The van der Waals surface area contributed by atoms with E-state index in [9.17, 15) is 25.0 Å². The minimum absolute atomic E-state index is 0.0396. The summed E-state index contributed by atoms with van der Waals surface area (Å²) in [6.45, 7) is -0.482. The molecule has 3 rings (SSSR count). The Morgan fingerprint density at radius 3 is 2.61 bits per heavy atom.